The summed E-state index contributed by atoms with van der Waals surface area (Å²) in [6.07, 6.45) is 1.68. The van der Waals surface area contributed by atoms with E-state index in [1.54, 1.807) is 35.6 Å². The SMILES string of the molecule is O=C(NCC1(c2cccs2)CCOCC1)C(=O)Nc1ccccc1. The number of nitrogens with one attached hydrogen (secondary N) is 2. The lowest BCUT2D eigenvalue weighted by Crippen LogP contribution is -2.46. The molecule has 1 aliphatic heterocycles. The third kappa shape index (κ3) is 3.83. The van der Waals surface area contributed by atoms with Crippen molar-refractivity contribution in [2.24, 2.45) is 0 Å². The minimum absolute atomic E-state index is 0.144. The summed E-state index contributed by atoms with van der Waals surface area (Å²) < 4.78 is 5.47. The highest BCUT2D eigenvalue weighted by atomic mass is 32.1. The van der Waals surface area contributed by atoms with Gasteiger partial charge in [0.2, 0.25) is 0 Å². The maximum absolute atomic E-state index is 12.2. The lowest BCUT2D eigenvalue weighted by Gasteiger charge is -2.36. The quantitative estimate of drug-likeness (QED) is 0.838. The van der Waals surface area contributed by atoms with E-state index in [4.69, 9.17) is 4.74 Å². The van der Waals surface area contributed by atoms with Crippen molar-refractivity contribution in [3.8, 4) is 0 Å². The highest BCUT2D eigenvalue weighted by molar-refractivity contribution is 7.10. The molecule has 2 heterocycles. The summed E-state index contributed by atoms with van der Waals surface area (Å²) in [5, 5.41) is 7.44. The van der Waals surface area contributed by atoms with Crippen LogP contribution < -0.4 is 10.6 Å². The number of ether oxygens (including phenoxy) is 1. The Morgan fingerprint density at radius 3 is 2.46 bits per heavy atom. The van der Waals surface area contributed by atoms with Crippen molar-refractivity contribution in [3.05, 3.63) is 52.7 Å². The summed E-state index contributed by atoms with van der Waals surface area (Å²) in [5.74, 6) is -1.25. The first-order valence-electron chi connectivity index (χ1n) is 7.96. The van der Waals surface area contributed by atoms with Crippen LogP contribution in [0.1, 0.15) is 17.7 Å². The highest BCUT2D eigenvalue weighted by Crippen LogP contribution is 2.36. The molecule has 5 nitrogen and oxygen atoms in total. The van der Waals surface area contributed by atoms with Crippen LogP contribution in [0.4, 0.5) is 5.69 Å². The van der Waals surface area contributed by atoms with Gasteiger partial charge < -0.3 is 15.4 Å². The Bertz CT molecular complexity index is 680. The lowest BCUT2D eigenvalue weighted by molar-refractivity contribution is -0.136. The molecule has 1 aliphatic rings. The van der Waals surface area contributed by atoms with Gasteiger partial charge >= 0.3 is 11.8 Å². The zero-order chi connectivity index (χ0) is 16.8. The first-order chi connectivity index (χ1) is 11.7. The molecule has 126 valence electrons. The van der Waals surface area contributed by atoms with Gasteiger partial charge in [-0.2, -0.15) is 0 Å². The number of thiophene rings is 1. The van der Waals surface area contributed by atoms with E-state index in [9.17, 15) is 9.59 Å². The van der Waals surface area contributed by atoms with E-state index in [-0.39, 0.29) is 5.41 Å². The Morgan fingerprint density at radius 2 is 1.79 bits per heavy atom. The molecular weight excluding hydrogens is 324 g/mol. The molecule has 1 fully saturated rings. The second-order valence-electron chi connectivity index (χ2n) is 5.87. The van der Waals surface area contributed by atoms with Gasteiger partial charge in [-0.05, 0) is 36.4 Å². The predicted octanol–water partition coefficient (Wildman–Crippen LogP) is 2.55. The number of hydrogen-bond acceptors (Lipinski definition) is 4. The average molecular weight is 344 g/mol. The number of hydrogen-bond donors (Lipinski definition) is 2. The van der Waals surface area contributed by atoms with Crippen molar-refractivity contribution in [1.29, 1.82) is 0 Å². The minimum Gasteiger partial charge on any atom is -0.381 e. The fourth-order valence-electron chi connectivity index (χ4n) is 2.89. The fourth-order valence-corrected chi connectivity index (χ4v) is 3.88. The van der Waals surface area contributed by atoms with Crippen molar-refractivity contribution < 1.29 is 14.3 Å². The zero-order valence-corrected chi connectivity index (χ0v) is 14.1. The summed E-state index contributed by atoms with van der Waals surface area (Å²) in [4.78, 5) is 25.4. The molecule has 2 amide bonds. The molecule has 0 radical (unpaired) electrons. The van der Waals surface area contributed by atoms with Crippen molar-refractivity contribution in [2.75, 3.05) is 25.1 Å². The molecule has 2 N–H and O–H groups in total. The van der Waals surface area contributed by atoms with E-state index in [2.05, 4.69) is 16.7 Å². The Morgan fingerprint density at radius 1 is 1.04 bits per heavy atom. The zero-order valence-electron chi connectivity index (χ0n) is 13.3. The monoisotopic (exact) mass is 344 g/mol. The number of carbonyl (C=O) groups is 2. The molecule has 1 saturated heterocycles. The van der Waals surface area contributed by atoms with Crippen molar-refractivity contribution in [2.45, 2.75) is 18.3 Å². The number of carbonyl (C=O) groups excluding carboxylic acids is 2. The topological polar surface area (TPSA) is 67.4 Å². The summed E-state index contributed by atoms with van der Waals surface area (Å²) >= 11 is 1.68. The van der Waals surface area contributed by atoms with Gasteiger partial charge in [-0.25, -0.2) is 0 Å². The number of para-hydroxylation sites is 1. The Balaban J connectivity index is 1.62. The summed E-state index contributed by atoms with van der Waals surface area (Å²) in [6.45, 7) is 1.78. The molecule has 24 heavy (non-hydrogen) atoms. The molecule has 0 atom stereocenters. The molecule has 0 spiro atoms. The maximum Gasteiger partial charge on any atom is 0.313 e. The van der Waals surface area contributed by atoms with Gasteiger partial charge in [-0.15, -0.1) is 11.3 Å². The fraction of sp³-hybridized carbons (Fsp3) is 0.333. The van der Waals surface area contributed by atoms with E-state index in [0.717, 1.165) is 12.8 Å². The van der Waals surface area contributed by atoms with E-state index in [0.29, 0.717) is 25.4 Å². The smallest absolute Gasteiger partial charge is 0.313 e. The third-order valence-electron chi connectivity index (χ3n) is 4.32. The molecule has 2 aromatic rings. The number of rotatable bonds is 4. The van der Waals surface area contributed by atoms with E-state index < -0.39 is 11.8 Å². The van der Waals surface area contributed by atoms with Crippen LogP contribution >= 0.6 is 11.3 Å². The molecular formula is C18H20N2O3S. The Hall–Kier alpha value is -2.18. The van der Waals surface area contributed by atoms with Gasteiger partial charge in [0, 0.05) is 35.7 Å². The van der Waals surface area contributed by atoms with Gasteiger partial charge in [0.1, 0.15) is 0 Å². The lowest BCUT2D eigenvalue weighted by atomic mass is 9.78. The van der Waals surface area contributed by atoms with Crippen LogP contribution in [0.2, 0.25) is 0 Å². The van der Waals surface area contributed by atoms with Crippen LogP contribution in [0.15, 0.2) is 47.8 Å². The number of benzene rings is 1. The molecule has 1 aromatic carbocycles. The van der Waals surface area contributed by atoms with Crippen LogP contribution in [0.25, 0.3) is 0 Å². The second-order valence-corrected chi connectivity index (χ2v) is 6.82. The van der Waals surface area contributed by atoms with Crippen LogP contribution in [0.3, 0.4) is 0 Å². The molecule has 0 aliphatic carbocycles. The maximum atomic E-state index is 12.2. The van der Waals surface area contributed by atoms with Crippen LogP contribution in [-0.2, 0) is 19.7 Å². The van der Waals surface area contributed by atoms with Gasteiger partial charge in [-0.3, -0.25) is 9.59 Å². The third-order valence-corrected chi connectivity index (χ3v) is 5.44. The highest BCUT2D eigenvalue weighted by Gasteiger charge is 2.36. The molecule has 0 saturated carbocycles. The normalized spacial score (nSPS) is 16.3. The Kier molecular flexibility index (Phi) is 5.27. The summed E-state index contributed by atoms with van der Waals surface area (Å²) in [7, 11) is 0. The van der Waals surface area contributed by atoms with E-state index >= 15 is 0 Å². The molecule has 3 rings (SSSR count). The van der Waals surface area contributed by atoms with Gasteiger partial charge in [-0.1, -0.05) is 24.3 Å². The molecule has 0 bridgehead atoms. The van der Waals surface area contributed by atoms with E-state index in [1.807, 2.05) is 17.5 Å². The van der Waals surface area contributed by atoms with Gasteiger partial charge in [0.15, 0.2) is 0 Å². The molecule has 1 aromatic heterocycles. The molecule has 6 heteroatoms. The minimum atomic E-state index is -0.644. The van der Waals surface area contributed by atoms with Gasteiger partial charge in [0.05, 0.1) is 0 Å². The van der Waals surface area contributed by atoms with Gasteiger partial charge in [0.25, 0.3) is 0 Å². The number of anilines is 1. The largest absolute Gasteiger partial charge is 0.381 e. The predicted molar refractivity (Wildman–Crippen MR) is 94.1 cm³/mol. The standard InChI is InChI=1S/C18H20N2O3S/c21-16(17(22)20-14-5-2-1-3-6-14)19-13-18(8-10-23-11-9-18)15-7-4-12-24-15/h1-7,12H,8-11,13H2,(H,19,21)(H,20,22). The van der Waals surface area contributed by atoms with Crippen LogP contribution in [0.5, 0.6) is 0 Å². The average Bonchev–Trinajstić information content (AvgIpc) is 3.17. The second kappa shape index (κ2) is 7.59. The first-order valence-corrected chi connectivity index (χ1v) is 8.84. The summed E-state index contributed by atoms with van der Waals surface area (Å²) in [5.41, 5.74) is 0.464. The Labute approximate surface area is 145 Å². The molecule has 0 unspecified atom stereocenters. The van der Waals surface area contributed by atoms with Crippen LogP contribution in [-0.4, -0.2) is 31.6 Å². The van der Waals surface area contributed by atoms with Crippen molar-refractivity contribution >= 4 is 28.8 Å². The van der Waals surface area contributed by atoms with Crippen LogP contribution in [0, 0.1) is 0 Å². The van der Waals surface area contributed by atoms with Crippen molar-refractivity contribution in [3.63, 3.8) is 0 Å². The summed E-state index contributed by atoms with van der Waals surface area (Å²) in [6, 6.07) is 13.1. The first kappa shape index (κ1) is 16.7. The number of amides is 2. The van der Waals surface area contributed by atoms with Crippen molar-refractivity contribution in [1.82, 2.24) is 5.32 Å². The van der Waals surface area contributed by atoms with E-state index in [1.165, 1.54) is 4.88 Å².